The minimum absolute atomic E-state index is 0.214. The molecule has 1 aromatic rings. The summed E-state index contributed by atoms with van der Waals surface area (Å²) in [5, 5.41) is 0. The van der Waals surface area contributed by atoms with Crippen molar-refractivity contribution in [2.24, 2.45) is 0 Å². The molecule has 0 nitrogen and oxygen atoms in total. The molecule has 0 aliphatic heterocycles. The first-order valence-corrected chi connectivity index (χ1v) is 7.67. The van der Waals surface area contributed by atoms with Crippen LogP contribution >= 0.6 is 9.07 Å². The molecule has 2 heteroatoms. The van der Waals surface area contributed by atoms with Crippen molar-refractivity contribution >= 4 is 28.3 Å². The number of halogens is 1. The van der Waals surface area contributed by atoms with Crippen LogP contribution in [-0.4, -0.2) is 19.3 Å². The Bertz CT molecular complexity index is 198. The lowest BCUT2D eigenvalue weighted by Gasteiger charge is -1.98. The highest BCUT2D eigenvalue weighted by molar-refractivity contribution is 6.93. The summed E-state index contributed by atoms with van der Waals surface area (Å²) in [6.07, 6.45) is 3.82. The molecule has 0 amide bonds. The summed E-state index contributed by atoms with van der Waals surface area (Å²) < 4.78 is 1.29. The molecule has 1 rings (SSSR count). The van der Waals surface area contributed by atoms with Gasteiger partial charge in [0.15, 0.2) is 0 Å². The van der Waals surface area contributed by atoms with Crippen LogP contribution in [0.15, 0.2) is 30.3 Å². The van der Waals surface area contributed by atoms with Crippen LogP contribution in [0.3, 0.4) is 0 Å². The molecule has 12 heavy (non-hydrogen) atoms. The summed E-state index contributed by atoms with van der Waals surface area (Å²) in [5.41, 5.74) is 1.45. The van der Waals surface area contributed by atoms with Gasteiger partial charge in [-0.3, -0.25) is 0 Å². The van der Waals surface area contributed by atoms with Crippen LogP contribution in [0, 0.1) is 0 Å². The zero-order chi connectivity index (χ0) is 8.65. The van der Waals surface area contributed by atoms with Gasteiger partial charge in [0, 0.05) is 0 Å². The van der Waals surface area contributed by atoms with Crippen molar-refractivity contribution in [2.45, 2.75) is 23.8 Å². The van der Waals surface area contributed by atoms with Gasteiger partial charge in [-0.15, -0.1) is 4.55 Å². The van der Waals surface area contributed by atoms with Crippen LogP contribution in [-0.2, 0) is 6.42 Å². The number of aryl methyl sites for hydroxylation is 1. The van der Waals surface area contributed by atoms with Gasteiger partial charge in [0.25, 0.3) is 0 Å². The molecule has 0 aliphatic rings. The van der Waals surface area contributed by atoms with Crippen molar-refractivity contribution < 1.29 is 0 Å². The Hall–Kier alpha value is 0.276. The van der Waals surface area contributed by atoms with E-state index in [2.05, 4.69) is 30.3 Å². The zero-order valence-corrected chi connectivity index (χ0v) is 9.47. The largest absolute Gasteiger partial charge is 0.501 e. The lowest BCUT2D eigenvalue weighted by molar-refractivity contribution is 0.793. The van der Waals surface area contributed by atoms with Crippen molar-refractivity contribution in [1.82, 2.24) is 0 Å². The van der Waals surface area contributed by atoms with Crippen molar-refractivity contribution in [3.63, 3.8) is 0 Å². The van der Waals surface area contributed by atoms with E-state index in [1.165, 1.54) is 29.4 Å². The molecule has 0 unspecified atom stereocenters. The Morgan fingerprint density at radius 3 is 2.50 bits per heavy atom. The van der Waals surface area contributed by atoms with Crippen LogP contribution in [0.25, 0.3) is 0 Å². The lowest BCUT2D eigenvalue weighted by atomic mass is 10.1. The van der Waals surface area contributed by atoms with E-state index < -0.39 is 0 Å². The average Bonchev–Trinajstić information content (AvgIpc) is 2.14. The second-order valence-corrected chi connectivity index (χ2v) is 5.20. The van der Waals surface area contributed by atoms with E-state index >= 15 is 0 Å². The third kappa shape index (κ3) is 4.34. The highest BCUT2D eigenvalue weighted by Crippen LogP contribution is 2.06. The predicted octanol–water partition coefficient (Wildman–Crippen LogP) is 3.29. The summed E-state index contributed by atoms with van der Waals surface area (Å²) in [7, 11) is 5.72. The van der Waals surface area contributed by atoms with Gasteiger partial charge in [-0.05, 0) is 12.0 Å². The molecule has 0 saturated heterocycles. The quantitative estimate of drug-likeness (QED) is 0.497. The van der Waals surface area contributed by atoms with Gasteiger partial charge in [-0.2, -0.15) is 0 Å². The predicted molar refractivity (Wildman–Crippen MR) is 55.8 cm³/mol. The molecule has 0 spiro atoms. The van der Waals surface area contributed by atoms with Gasteiger partial charge in [0.1, 0.15) is 0 Å². The first-order valence-electron chi connectivity index (χ1n) is 4.53. The minimum atomic E-state index is -0.214. The van der Waals surface area contributed by atoms with E-state index in [9.17, 15) is 0 Å². The third-order valence-electron chi connectivity index (χ3n) is 1.94. The SMILES string of the molecule is [Cl][Mg][CH2]CCCc1ccccc1. The molecule has 0 atom stereocenters. The topological polar surface area (TPSA) is 0 Å². The summed E-state index contributed by atoms with van der Waals surface area (Å²) in [6, 6.07) is 10.7. The molecule has 62 valence electrons. The first kappa shape index (κ1) is 10.4. The number of rotatable bonds is 5. The zero-order valence-electron chi connectivity index (χ0n) is 7.30. The molecule has 0 heterocycles. The van der Waals surface area contributed by atoms with Gasteiger partial charge < -0.3 is 9.07 Å². The van der Waals surface area contributed by atoms with Gasteiger partial charge in [-0.1, -0.05) is 43.2 Å². The van der Waals surface area contributed by atoms with E-state index in [0.29, 0.717) is 0 Å². The van der Waals surface area contributed by atoms with Crippen molar-refractivity contribution in [1.29, 1.82) is 0 Å². The molecular formula is C10H13ClMg. The second-order valence-electron chi connectivity index (χ2n) is 2.99. The van der Waals surface area contributed by atoms with Crippen LogP contribution in [0.1, 0.15) is 18.4 Å². The fourth-order valence-corrected chi connectivity index (χ4v) is 2.35. The number of unbranched alkanes of at least 4 members (excludes halogenated alkanes) is 1. The molecule has 1 aromatic carbocycles. The van der Waals surface area contributed by atoms with Crippen LogP contribution in [0.4, 0.5) is 0 Å². The van der Waals surface area contributed by atoms with Crippen molar-refractivity contribution in [3.8, 4) is 0 Å². The highest BCUT2D eigenvalue weighted by Gasteiger charge is 1.93. The first-order chi connectivity index (χ1) is 5.93. The Labute approximate surface area is 87.8 Å². The molecule has 0 aromatic heterocycles. The van der Waals surface area contributed by atoms with Crippen LogP contribution in [0.5, 0.6) is 0 Å². The van der Waals surface area contributed by atoms with E-state index in [1.54, 1.807) is 0 Å². The highest BCUT2D eigenvalue weighted by atomic mass is 35.5. The lowest BCUT2D eigenvalue weighted by Crippen LogP contribution is -1.85. The molecule has 0 N–H and O–H groups in total. The molecule has 0 radical (unpaired) electrons. The smallest absolute Gasteiger partial charge is 0.346 e. The monoisotopic (exact) mass is 192 g/mol. The van der Waals surface area contributed by atoms with Gasteiger partial charge in [-0.25, -0.2) is 0 Å². The van der Waals surface area contributed by atoms with Crippen LogP contribution < -0.4 is 0 Å². The summed E-state index contributed by atoms with van der Waals surface area (Å²) in [6.45, 7) is 0. The van der Waals surface area contributed by atoms with Gasteiger partial charge in [0.2, 0.25) is 0 Å². The summed E-state index contributed by atoms with van der Waals surface area (Å²) in [4.78, 5) is 0. The number of hydrogen-bond acceptors (Lipinski definition) is 0. The van der Waals surface area contributed by atoms with Crippen LogP contribution in [0.2, 0.25) is 4.55 Å². The molecule has 0 aliphatic carbocycles. The van der Waals surface area contributed by atoms with E-state index in [4.69, 9.17) is 9.07 Å². The number of hydrogen-bond donors (Lipinski definition) is 0. The van der Waals surface area contributed by atoms with Gasteiger partial charge >= 0.3 is 19.3 Å². The molecule has 0 saturated carbocycles. The standard InChI is InChI=1S/C10H13.ClH.Mg/c1-2-3-7-10-8-5-4-6-9-10;;/h4-6,8-9H,1-3,7H2;1H;/q;;+1/p-1. The molecule has 0 fully saturated rings. The Morgan fingerprint density at radius 2 is 1.83 bits per heavy atom. The fourth-order valence-electron chi connectivity index (χ4n) is 1.25. The maximum atomic E-state index is 5.72. The normalized spacial score (nSPS) is 9.42. The fraction of sp³-hybridized carbons (Fsp3) is 0.400. The second kappa shape index (κ2) is 6.76. The van der Waals surface area contributed by atoms with Crippen molar-refractivity contribution in [2.75, 3.05) is 0 Å². The Kier molecular flexibility index (Phi) is 5.83. The van der Waals surface area contributed by atoms with E-state index in [1.807, 2.05) is 0 Å². The Balaban J connectivity index is 2.16. The molecular weight excluding hydrogens is 180 g/mol. The number of benzene rings is 1. The third-order valence-corrected chi connectivity index (χ3v) is 3.51. The minimum Gasteiger partial charge on any atom is -0.346 e. The Morgan fingerprint density at radius 1 is 1.08 bits per heavy atom. The van der Waals surface area contributed by atoms with E-state index in [0.717, 1.165) is 0 Å². The van der Waals surface area contributed by atoms with Crippen molar-refractivity contribution in [3.05, 3.63) is 35.9 Å². The van der Waals surface area contributed by atoms with Gasteiger partial charge in [0.05, 0.1) is 0 Å². The van der Waals surface area contributed by atoms with E-state index in [-0.39, 0.29) is 19.3 Å². The summed E-state index contributed by atoms with van der Waals surface area (Å²) >= 11 is -0.214. The maximum absolute atomic E-state index is 5.72. The average molecular weight is 193 g/mol. The summed E-state index contributed by atoms with van der Waals surface area (Å²) in [5.74, 6) is 0. The maximum Gasteiger partial charge on any atom is 0.501 e. The molecule has 0 bridgehead atoms.